The third-order valence-electron chi connectivity index (χ3n) is 5.16. The van der Waals surface area contributed by atoms with Crippen molar-refractivity contribution >= 4 is 29.9 Å². The molecule has 0 amide bonds. The van der Waals surface area contributed by atoms with Gasteiger partial charge in [-0.15, -0.1) is 24.0 Å². The van der Waals surface area contributed by atoms with Crippen molar-refractivity contribution < 1.29 is 0 Å². The van der Waals surface area contributed by atoms with Crippen molar-refractivity contribution in [1.29, 1.82) is 0 Å². The van der Waals surface area contributed by atoms with Crippen molar-refractivity contribution in [2.45, 2.75) is 65.6 Å². The second-order valence-electron chi connectivity index (χ2n) is 7.40. The fourth-order valence-electron chi connectivity index (χ4n) is 3.44. The van der Waals surface area contributed by atoms with E-state index in [1.807, 2.05) is 0 Å². The van der Waals surface area contributed by atoms with E-state index in [1.165, 1.54) is 19.4 Å². The first-order valence-corrected chi connectivity index (χ1v) is 9.58. The first kappa shape index (κ1) is 22.0. The van der Waals surface area contributed by atoms with Gasteiger partial charge in [-0.3, -0.25) is 14.8 Å². The molecule has 0 aromatic rings. The lowest BCUT2D eigenvalue weighted by atomic mass is 10.1. The van der Waals surface area contributed by atoms with Crippen molar-refractivity contribution in [1.82, 2.24) is 20.4 Å². The lowest BCUT2D eigenvalue weighted by Crippen LogP contribution is -2.47. The average Bonchev–Trinajstić information content (AvgIpc) is 3.28. The molecule has 0 spiro atoms. The molecule has 1 aliphatic heterocycles. The summed E-state index contributed by atoms with van der Waals surface area (Å²) in [6, 6.07) is 1.96. The molecule has 1 aliphatic carbocycles. The maximum absolute atomic E-state index is 4.81. The molecule has 2 N–H and O–H groups in total. The van der Waals surface area contributed by atoms with Gasteiger partial charge in [0.25, 0.3) is 0 Å². The van der Waals surface area contributed by atoms with Crippen LogP contribution in [0.5, 0.6) is 0 Å². The number of nitrogens with zero attached hydrogens (tertiary/aromatic N) is 3. The third-order valence-corrected chi connectivity index (χ3v) is 5.16. The van der Waals surface area contributed by atoms with E-state index in [-0.39, 0.29) is 24.0 Å². The minimum Gasteiger partial charge on any atom is -0.357 e. The summed E-state index contributed by atoms with van der Waals surface area (Å²) in [5.74, 6) is 1.65. The third kappa shape index (κ3) is 6.67. The number of likely N-dealkylation sites (N-methyl/N-ethyl adjacent to an activating group) is 1. The van der Waals surface area contributed by atoms with Gasteiger partial charge in [0.05, 0.1) is 6.54 Å². The smallest absolute Gasteiger partial charge is 0.191 e. The minimum atomic E-state index is 0. The second-order valence-corrected chi connectivity index (χ2v) is 7.40. The Kier molecular flexibility index (Phi) is 9.89. The summed E-state index contributed by atoms with van der Waals surface area (Å²) in [5, 5.41) is 7.08. The van der Waals surface area contributed by atoms with Crippen molar-refractivity contribution in [3.8, 4) is 0 Å². The molecular weight excluding hydrogens is 413 g/mol. The molecule has 24 heavy (non-hydrogen) atoms. The molecule has 5 nitrogen and oxygen atoms in total. The molecule has 2 rings (SSSR count). The van der Waals surface area contributed by atoms with Gasteiger partial charge in [-0.1, -0.05) is 13.8 Å². The number of nitrogens with one attached hydrogen (secondary N) is 2. The highest BCUT2D eigenvalue weighted by molar-refractivity contribution is 14.0. The fraction of sp³-hybridized carbons (Fsp3) is 0.944. The number of halogens is 1. The maximum Gasteiger partial charge on any atom is 0.191 e. The molecule has 0 aromatic heterocycles. The summed E-state index contributed by atoms with van der Waals surface area (Å²) in [4.78, 5) is 9.93. The highest BCUT2D eigenvalue weighted by atomic mass is 127. The quantitative estimate of drug-likeness (QED) is 0.338. The van der Waals surface area contributed by atoms with Crippen LogP contribution in [0.3, 0.4) is 0 Å². The van der Waals surface area contributed by atoms with Crippen molar-refractivity contribution in [2.75, 3.05) is 39.3 Å². The van der Waals surface area contributed by atoms with E-state index in [0.717, 1.165) is 44.7 Å². The van der Waals surface area contributed by atoms with E-state index in [1.54, 1.807) is 0 Å². The van der Waals surface area contributed by atoms with Crippen molar-refractivity contribution in [2.24, 2.45) is 10.9 Å². The summed E-state index contributed by atoms with van der Waals surface area (Å²) < 4.78 is 0. The van der Waals surface area contributed by atoms with E-state index in [0.29, 0.717) is 18.0 Å². The van der Waals surface area contributed by atoms with Crippen LogP contribution >= 0.6 is 24.0 Å². The molecule has 1 saturated heterocycles. The van der Waals surface area contributed by atoms with E-state index >= 15 is 0 Å². The number of guanidine groups is 1. The van der Waals surface area contributed by atoms with E-state index < -0.39 is 0 Å². The van der Waals surface area contributed by atoms with Crippen LogP contribution < -0.4 is 10.6 Å². The first-order valence-electron chi connectivity index (χ1n) is 9.58. The van der Waals surface area contributed by atoms with Crippen molar-refractivity contribution in [3.63, 3.8) is 0 Å². The van der Waals surface area contributed by atoms with E-state index in [9.17, 15) is 0 Å². The number of hydrogen-bond acceptors (Lipinski definition) is 3. The maximum atomic E-state index is 4.81. The predicted octanol–water partition coefficient (Wildman–Crippen LogP) is 2.37. The van der Waals surface area contributed by atoms with Crippen molar-refractivity contribution in [3.05, 3.63) is 0 Å². The van der Waals surface area contributed by atoms with Gasteiger partial charge in [0.1, 0.15) is 0 Å². The van der Waals surface area contributed by atoms with Gasteiger partial charge in [0.2, 0.25) is 0 Å². The van der Waals surface area contributed by atoms with Crippen LogP contribution in [0, 0.1) is 5.92 Å². The monoisotopic (exact) mass is 451 g/mol. The molecule has 142 valence electrons. The molecular formula is C18H38IN5. The minimum absolute atomic E-state index is 0. The zero-order valence-corrected chi connectivity index (χ0v) is 18.5. The van der Waals surface area contributed by atoms with Crippen LogP contribution in [-0.2, 0) is 0 Å². The van der Waals surface area contributed by atoms with Crippen LogP contribution in [0.25, 0.3) is 0 Å². The normalized spacial score (nSPS) is 25.2. The first-order chi connectivity index (χ1) is 11.0. The Morgan fingerprint density at radius 3 is 2.46 bits per heavy atom. The van der Waals surface area contributed by atoms with Crippen LogP contribution in [-0.4, -0.2) is 73.2 Å². The lowest BCUT2D eigenvalue weighted by molar-refractivity contribution is 0.265. The molecule has 6 heteroatoms. The molecule has 0 bridgehead atoms. The molecule has 2 fully saturated rings. The zero-order valence-electron chi connectivity index (χ0n) is 16.2. The van der Waals surface area contributed by atoms with Gasteiger partial charge in [-0.05, 0) is 46.1 Å². The summed E-state index contributed by atoms with van der Waals surface area (Å²) >= 11 is 0. The second kappa shape index (κ2) is 10.8. The summed E-state index contributed by atoms with van der Waals surface area (Å²) in [6.07, 6.45) is 2.75. The molecule has 2 atom stereocenters. The molecule has 0 aromatic carbocycles. The molecule has 1 saturated carbocycles. The molecule has 1 heterocycles. The topological polar surface area (TPSA) is 42.9 Å². The summed E-state index contributed by atoms with van der Waals surface area (Å²) in [5.41, 5.74) is 0. The molecule has 0 radical (unpaired) electrons. The van der Waals surface area contributed by atoms with Gasteiger partial charge >= 0.3 is 0 Å². The van der Waals surface area contributed by atoms with E-state index in [4.69, 9.17) is 4.99 Å². The summed E-state index contributed by atoms with van der Waals surface area (Å²) in [6.45, 7) is 17.6. The Labute approximate surface area is 166 Å². The number of rotatable bonds is 8. The van der Waals surface area contributed by atoms with Gasteiger partial charge in [-0.25, -0.2) is 0 Å². The number of hydrogen-bond donors (Lipinski definition) is 2. The Bertz CT molecular complexity index is 384. The van der Waals surface area contributed by atoms with Crippen LogP contribution in [0.15, 0.2) is 4.99 Å². The average molecular weight is 451 g/mol. The van der Waals surface area contributed by atoms with Crippen LogP contribution in [0.1, 0.15) is 47.5 Å². The lowest BCUT2D eigenvalue weighted by Gasteiger charge is -2.22. The van der Waals surface area contributed by atoms with E-state index in [2.05, 4.69) is 55.1 Å². The van der Waals surface area contributed by atoms with Crippen LogP contribution in [0.2, 0.25) is 0 Å². The predicted molar refractivity (Wildman–Crippen MR) is 114 cm³/mol. The molecule has 2 aliphatic rings. The van der Waals surface area contributed by atoms with Gasteiger partial charge in [0.15, 0.2) is 5.96 Å². The standard InChI is InChI=1S/C18H37N5.HI/c1-6-19-18(20-10-11-22(7-2)16-8-9-16)21-17-13-23(14(3)4)12-15(17)5;/h14-17H,6-13H2,1-5H3,(H2,19,20,21);1H. The Hall–Kier alpha value is -0.0800. The van der Waals surface area contributed by atoms with Gasteiger partial charge in [0, 0.05) is 44.3 Å². The van der Waals surface area contributed by atoms with Gasteiger partial charge in [-0.2, -0.15) is 0 Å². The SMILES string of the molecule is CCNC(=NCCN(CC)C1CC1)NC1CN(C(C)C)CC1C.I. The summed E-state index contributed by atoms with van der Waals surface area (Å²) in [7, 11) is 0. The Balaban J connectivity index is 0.00000288. The Morgan fingerprint density at radius 2 is 1.96 bits per heavy atom. The van der Waals surface area contributed by atoms with Gasteiger partial charge < -0.3 is 10.6 Å². The fourth-order valence-corrected chi connectivity index (χ4v) is 3.44. The highest BCUT2D eigenvalue weighted by Crippen LogP contribution is 2.26. The number of likely N-dealkylation sites (tertiary alicyclic amines) is 1. The van der Waals surface area contributed by atoms with Crippen LogP contribution in [0.4, 0.5) is 0 Å². The largest absolute Gasteiger partial charge is 0.357 e. The number of aliphatic imine (C=N–C) groups is 1. The Morgan fingerprint density at radius 1 is 1.25 bits per heavy atom. The highest BCUT2D eigenvalue weighted by Gasteiger charge is 2.31. The zero-order chi connectivity index (χ0) is 16.8. The molecule has 2 unspecified atom stereocenters.